The second-order valence-corrected chi connectivity index (χ2v) is 13.4. The third-order valence-electron chi connectivity index (χ3n) is 8.13. The average molecular weight is 695 g/mol. The van der Waals surface area contributed by atoms with Crippen LogP contribution >= 0.6 is 0 Å². The lowest BCUT2D eigenvalue weighted by Crippen LogP contribution is -2.89. The summed E-state index contributed by atoms with van der Waals surface area (Å²) < 4.78 is 0. The lowest BCUT2D eigenvalue weighted by atomic mass is 9.99. The van der Waals surface area contributed by atoms with E-state index in [-0.39, 0.29) is 49.5 Å². The predicted octanol–water partition coefficient (Wildman–Crippen LogP) is -2.06. The maximum Gasteiger partial charge on any atom is 0.322 e. The number of aliphatic carboxylic acids is 2. The number of carbonyl (C=O) groups is 8. The van der Waals surface area contributed by atoms with Gasteiger partial charge in [0.1, 0.15) is 36.8 Å². The number of nitrogens with two attached hydrogens (primary N) is 1. The molecule has 9 N–H and O–H groups in total. The van der Waals surface area contributed by atoms with Gasteiger partial charge >= 0.3 is 11.9 Å². The first kappa shape index (κ1) is 40.6. The number of nitrogens with zero attached hydrogens (tertiary/aromatic N) is 1. The molecule has 49 heavy (non-hydrogen) atoms. The Bertz CT molecular complexity index is 1260. The van der Waals surface area contributed by atoms with Crippen molar-refractivity contribution in [1.82, 2.24) is 31.5 Å². The quantitative estimate of drug-likeness (QED) is 0.0734. The van der Waals surface area contributed by atoms with Crippen LogP contribution in [-0.4, -0.2) is 112 Å². The smallest absolute Gasteiger partial charge is 0.322 e. The summed E-state index contributed by atoms with van der Waals surface area (Å²) in [5.41, 5.74) is 0. The van der Waals surface area contributed by atoms with Gasteiger partial charge in [-0.25, -0.2) is 0 Å². The zero-order valence-electron chi connectivity index (χ0n) is 28.8. The molecule has 274 valence electrons. The Kier molecular flexibility index (Phi) is 16.1. The zero-order valence-corrected chi connectivity index (χ0v) is 28.8. The molecule has 1 fully saturated rings. The van der Waals surface area contributed by atoms with Gasteiger partial charge in [-0.05, 0) is 44.4 Å². The van der Waals surface area contributed by atoms with E-state index < -0.39 is 84.6 Å². The minimum atomic E-state index is -1.40. The van der Waals surface area contributed by atoms with Crippen LogP contribution in [0.25, 0.3) is 0 Å². The van der Waals surface area contributed by atoms with Crippen LogP contribution in [0.2, 0.25) is 0 Å². The number of nitrogens with one attached hydrogen (secondary N) is 5. The van der Waals surface area contributed by atoms with Crippen molar-refractivity contribution >= 4 is 47.4 Å². The molecule has 2 rings (SSSR count). The first-order valence-corrected chi connectivity index (χ1v) is 16.7. The van der Waals surface area contributed by atoms with Crippen molar-refractivity contribution in [2.45, 2.75) is 116 Å². The summed E-state index contributed by atoms with van der Waals surface area (Å²) in [6.07, 6.45) is 4.21. The monoisotopic (exact) mass is 694 g/mol. The standard InChI is InChI=1S/C32H51N7O10/c1-17(2)14-22(27(44)34-16-26(42)43)37-30(47)23(15-18(3)4)38-29(46)21(10-11-25(40)41)36-31(48)24-9-7-13-39(24)32(49)19(5)35-28(45)20-8-6-12-33-20/h7,13,17-24,33H,6,8-12,14-16H2,1-5H3,(H,34,44)(H,35,45)(H,36,48)(H,37,47)(H,38,46)(H,40,41)(H,42,43)/p+1/t19-,20-,21-,22-,23-,24-/m0/s1. The fraction of sp³-hybridized carbons (Fsp3) is 0.688. The van der Waals surface area contributed by atoms with Gasteiger partial charge in [0, 0.05) is 25.5 Å². The molecule has 0 radical (unpaired) electrons. The molecule has 17 heteroatoms. The molecule has 0 aromatic heterocycles. The van der Waals surface area contributed by atoms with E-state index in [1.807, 2.05) is 19.2 Å². The Morgan fingerprint density at radius 3 is 1.90 bits per heavy atom. The SMILES string of the molecule is CC(C)C[C@H](NC(=O)[C@H](CC(C)C)NC(=O)[C@H](CCC(=O)O)NC(=O)[C@@H]1CC=CN1C(=O)[C@H](C)NC(=O)[C@@H]1CCC[NH2+]1)C(=O)NCC(=O)O. The van der Waals surface area contributed by atoms with Crippen molar-refractivity contribution in [2.24, 2.45) is 11.8 Å². The van der Waals surface area contributed by atoms with Gasteiger partial charge in [0.15, 0.2) is 6.04 Å². The first-order chi connectivity index (χ1) is 23.0. The summed E-state index contributed by atoms with van der Waals surface area (Å²) in [5.74, 6) is -6.48. The van der Waals surface area contributed by atoms with Gasteiger partial charge in [-0.3, -0.25) is 38.4 Å². The molecule has 0 unspecified atom stereocenters. The summed E-state index contributed by atoms with van der Waals surface area (Å²) in [6, 6.07) is -5.97. The van der Waals surface area contributed by atoms with Crippen LogP contribution in [0.15, 0.2) is 12.3 Å². The Hall–Kier alpha value is -4.54. The molecular weight excluding hydrogens is 642 g/mol. The molecule has 2 aliphatic rings. The molecule has 0 aromatic carbocycles. The topological polar surface area (TPSA) is 257 Å². The predicted molar refractivity (Wildman–Crippen MR) is 174 cm³/mol. The molecule has 2 heterocycles. The van der Waals surface area contributed by atoms with E-state index in [1.54, 1.807) is 19.9 Å². The number of carbonyl (C=O) groups excluding carboxylic acids is 6. The summed E-state index contributed by atoms with van der Waals surface area (Å²) in [7, 11) is 0. The van der Waals surface area contributed by atoms with Crippen molar-refractivity contribution in [2.75, 3.05) is 13.1 Å². The summed E-state index contributed by atoms with van der Waals surface area (Å²) >= 11 is 0. The van der Waals surface area contributed by atoms with Gasteiger partial charge < -0.3 is 47.0 Å². The summed E-state index contributed by atoms with van der Waals surface area (Å²) in [6.45, 7) is 8.92. The zero-order chi connectivity index (χ0) is 36.8. The number of carboxylic acid groups (broad SMARTS) is 2. The van der Waals surface area contributed by atoms with E-state index in [4.69, 9.17) is 5.11 Å². The Morgan fingerprint density at radius 1 is 0.776 bits per heavy atom. The molecule has 0 saturated carbocycles. The van der Waals surface area contributed by atoms with Crippen LogP contribution in [0, 0.1) is 11.8 Å². The van der Waals surface area contributed by atoms with Gasteiger partial charge in [0.05, 0.1) is 6.54 Å². The van der Waals surface area contributed by atoms with E-state index in [0.29, 0.717) is 6.42 Å². The molecule has 0 aromatic rings. The lowest BCUT2D eigenvalue weighted by molar-refractivity contribution is -0.657. The third kappa shape index (κ3) is 13.5. The highest BCUT2D eigenvalue weighted by atomic mass is 16.4. The Balaban J connectivity index is 2.18. The van der Waals surface area contributed by atoms with Crippen LogP contribution in [0.4, 0.5) is 0 Å². The van der Waals surface area contributed by atoms with Crippen LogP contribution in [-0.2, 0) is 38.4 Å². The van der Waals surface area contributed by atoms with E-state index in [1.165, 1.54) is 18.0 Å². The number of amides is 6. The van der Waals surface area contributed by atoms with Crippen molar-refractivity contribution in [3.63, 3.8) is 0 Å². The molecule has 0 aliphatic carbocycles. The van der Waals surface area contributed by atoms with Gasteiger partial charge in [-0.1, -0.05) is 33.8 Å². The van der Waals surface area contributed by atoms with Crippen molar-refractivity contribution < 1.29 is 53.9 Å². The lowest BCUT2D eigenvalue weighted by Gasteiger charge is -2.29. The summed E-state index contributed by atoms with van der Waals surface area (Å²) in [5, 5.41) is 32.8. The van der Waals surface area contributed by atoms with Crippen molar-refractivity contribution in [3.8, 4) is 0 Å². The molecule has 2 aliphatic heterocycles. The minimum absolute atomic E-state index is 0.0591. The van der Waals surface area contributed by atoms with E-state index in [0.717, 1.165) is 13.0 Å². The van der Waals surface area contributed by atoms with Crippen molar-refractivity contribution in [3.05, 3.63) is 12.3 Å². The Labute approximate surface area is 285 Å². The van der Waals surface area contributed by atoms with Crippen LogP contribution in [0.1, 0.15) is 79.6 Å². The second kappa shape index (κ2) is 19.5. The molecule has 0 bridgehead atoms. The fourth-order valence-corrected chi connectivity index (χ4v) is 5.64. The average Bonchev–Trinajstić information content (AvgIpc) is 3.73. The maximum absolute atomic E-state index is 13.6. The highest BCUT2D eigenvalue weighted by Gasteiger charge is 2.38. The fourth-order valence-electron chi connectivity index (χ4n) is 5.64. The molecular formula is C32H52N7O10+. The van der Waals surface area contributed by atoms with Gasteiger partial charge in [0.2, 0.25) is 29.5 Å². The minimum Gasteiger partial charge on any atom is -0.481 e. The second-order valence-electron chi connectivity index (χ2n) is 13.4. The van der Waals surface area contributed by atoms with Gasteiger partial charge in [-0.15, -0.1) is 0 Å². The highest BCUT2D eigenvalue weighted by molar-refractivity contribution is 5.97. The third-order valence-corrected chi connectivity index (χ3v) is 8.13. The molecule has 6 atom stereocenters. The number of rotatable bonds is 19. The van der Waals surface area contributed by atoms with Gasteiger partial charge in [-0.2, -0.15) is 0 Å². The van der Waals surface area contributed by atoms with Gasteiger partial charge in [0.25, 0.3) is 5.91 Å². The molecule has 0 spiro atoms. The maximum atomic E-state index is 13.6. The molecule has 1 saturated heterocycles. The van der Waals surface area contributed by atoms with Crippen LogP contribution < -0.4 is 31.9 Å². The Morgan fingerprint density at radius 2 is 1.37 bits per heavy atom. The molecule has 6 amide bonds. The normalized spacial score (nSPS) is 19.4. The number of hydrogen-bond acceptors (Lipinski definition) is 8. The number of quaternary nitrogens is 1. The van der Waals surface area contributed by atoms with Crippen molar-refractivity contribution in [1.29, 1.82) is 0 Å². The largest absolute Gasteiger partial charge is 0.481 e. The summed E-state index contributed by atoms with van der Waals surface area (Å²) in [4.78, 5) is 103. The van der Waals surface area contributed by atoms with E-state index >= 15 is 0 Å². The van der Waals surface area contributed by atoms with Crippen LogP contribution in [0.3, 0.4) is 0 Å². The number of carboxylic acids is 2. The first-order valence-electron chi connectivity index (χ1n) is 16.7. The van der Waals surface area contributed by atoms with E-state index in [9.17, 15) is 43.5 Å². The van der Waals surface area contributed by atoms with E-state index in [2.05, 4.69) is 26.6 Å². The number of hydrogen-bond donors (Lipinski definition) is 8. The molecule has 17 nitrogen and oxygen atoms in total. The highest BCUT2D eigenvalue weighted by Crippen LogP contribution is 2.17. The van der Waals surface area contributed by atoms with Crippen LogP contribution in [0.5, 0.6) is 0 Å².